The lowest BCUT2D eigenvalue weighted by atomic mass is 9.85. The van der Waals surface area contributed by atoms with E-state index in [-0.39, 0.29) is 16.2 Å². The van der Waals surface area contributed by atoms with E-state index in [2.05, 4.69) is 4.98 Å². The Morgan fingerprint density at radius 2 is 1.83 bits per heavy atom. The molecule has 0 bridgehead atoms. The number of piperidine rings is 1. The molecule has 0 radical (unpaired) electrons. The third-order valence-corrected chi connectivity index (χ3v) is 3.72. The SMILES string of the molecule is CC(=O)N1CCC(O)(c2cc(Cl)nc(Cl)c2)CC1. The average molecular weight is 289 g/mol. The molecule has 2 heterocycles. The minimum absolute atomic E-state index is 0.0304. The van der Waals surface area contributed by atoms with E-state index in [4.69, 9.17) is 23.2 Å². The summed E-state index contributed by atoms with van der Waals surface area (Å²) in [6, 6.07) is 3.24. The highest BCUT2D eigenvalue weighted by Gasteiger charge is 2.35. The number of amides is 1. The van der Waals surface area contributed by atoms with Gasteiger partial charge in [-0.1, -0.05) is 23.2 Å². The van der Waals surface area contributed by atoms with Gasteiger partial charge in [0.1, 0.15) is 10.3 Å². The molecule has 0 aliphatic carbocycles. The molecule has 0 unspecified atom stereocenters. The van der Waals surface area contributed by atoms with Gasteiger partial charge in [0, 0.05) is 20.0 Å². The Kier molecular flexibility index (Phi) is 3.80. The smallest absolute Gasteiger partial charge is 0.219 e. The zero-order chi connectivity index (χ0) is 13.3. The molecule has 1 aromatic heterocycles. The van der Waals surface area contributed by atoms with Gasteiger partial charge in [0.15, 0.2) is 0 Å². The van der Waals surface area contributed by atoms with Crippen molar-refractivity contribution in [1.29, 1.82) is 0 Å². The molecule has 1 amide bonds. The zero-order valence-corrected chi connectivity index (χ0v) is 11.5. The van der Waals surface area contributed by atoms with Crippen molar-refractivity contribution in [3.63, 3.8) is 0 Å². The monoisotopic (exact) mass is 288 g/mol. The minimum atomic E-state index is -0.984. The summed E-state index contributed by atoms with van der Waals surface area (Å²) in [5.41, 5.74) is -0.321. The van der Waals surface area contributed by atoms with E-state index in [1.54, 1.807) is 17.0 Å². The van der Waals surface area contributed by atoms with Gasteiger partial charge in [0.05, 0.1) is 5.60 Å². The summed E-state index contributed by atoms with van der Waals surface area (Å²) in [6.07, 6.45) is 0.951. The number of aliphatic hydroxyl groups is 1. The molecule has 98 valence electrons. The van der Waals surface area contributed by atoms with Crippen LogP contribution in [0.3, 0.4) is 0 Å². The minimum Gasteiger partial charge on any atom is -0.385 e. The fourth-order valence-electron chi connectivity index (χ4n) is 2.21. The molecule has 2 rings (SSSR count). The van der Waals surface area contributed by atoms with Gasteiger partial charge in [-0.25, -0.2) is 4.98 Å². The van der Waals surface area contributed by atoms with Crippen molar-refractivity contribution in [3.05, 3.63) is 28.0 Å². The Morgan fingerprint density at radius 1 is 1.33 bits per heavy atom. The molecule has 0 aromatic carbocycles. The van der Waals surface area contributed by atoms with Crippen LogP contribution >= 0.6 is 23.2 Å². The number of rotatable bonds is 1. The van der Waals surface area contributed by atoms with Crippen molar-refractivity contribution in [1.82, 2.24) is 9.88 Å². The highest BCUT2D eigenvalue weighted by molar-refractivity contribution is 6.32. The van der Waals surface area contributed by atoms with Gasteiger partial charge in [-0.15, -0.1) is 0 Å². The summed E-state index contributed by atoms with van der Waals surface area (Å²) in [4.78, 5) is 16.8. The predicted molar refractivity (Wildman–Crippen MR) is 69.6 cm³/mol. The molecular weight excluding hydrogens is 275 g/mol. The van der Waals surface area contributed by atoms with Crippen LogP contribution in [0.15, 0.2) is 12.1 Å². The highest BCUT2D eigenvalue weighted by atomic mass is 35.5. The van der Waals surface area contributed by atoms with E-state index in [9.17, 15) is 9.90 Å². The number of aromatic nitrogens is 1. The van der Waals surface area contributed by atoms with Crippen LogP contribution in [0.4, 0.5) is 0 Å². The molecule has 4 nitrogen and oxygen atoms in total. The third-order valence-electron chi connectivity index (χ3n) is 3.34. The molecule has 1 aromatic rings. The highest BCUT2D eigenvalue weighted by Crippen LogP contribution is 2.34. The van der Waals surface area contributed by atoms with Gasteiger partial charge < -0.3 is 10.0 Å². The van der Waals surface area contributed by atoms with E-state index >= 15 is 0 Å². The van der Waals surface area contributed by atoms with Gasteiger partial charge in [0.25, 0.3) is 0 Å². The van der Waals surface area contributed by atoms with Crippen LogP contribution in [-0.2, 0) is 10.4 Å². The molecular formula is C12H14Cl2N2O2. The van der Waals surface area contributed by atoms with Crippen molar-refractivity contribution in [2.24, 2.45) is 0 Å². The van der Waals surface area contributed by atoms with Crippen LogP contribution < -0.4 is 0 Å². The number of hydrogen-bond acceptors (Lipinski definition) is 3. The van der Waals surface area contributed by atoms with E-state index in [1.165, 1.54) is 6.92 Å². The summed E-state index contributed by atoms with van der Waals surface area (Å²) in [7, 11) is 0. The van der Waals surface area contributed by atoms with Crippen LogP contribution in [0.5, 0.6) is 0 Å². The average Bonchev–Trinajstić information content (AvgIpc) is 2.28. The Morgan fingerprint density at radius 3 is 2.28 bits per heavy atom. The van der Waals surface area contributed by atoms with Crippen molar-refractivity contribution < 1.29 is 9.90 Å². The van der Waals surface area contributed by atoms with Gasteiger partial charge in [-0.3, -0.25) is 4.79 Å². The largest absolute Gasteiger partial charge is 0.385 e. The number of hydrogen-bond donors (Lipinski definition) is 1. The quantitative estimate of drug-likeness (QED) is 0.806. The summed E-state index contributed by atoms with van der Waals surface area (Å²) in [6.45, 7) is 2.59. The fraction of sp³-hybridized carbons (Fsp3) is 0.500. The number of pyridine rings is 1. The maximum absolute atomic E-state index is 11.2. The van der Waals surface area contributed by atoms with E-state index in [1.807, 2.05) is 0 Å². The molecule has 0 spiro atoms. The van der Waals surface area contributed by atoms with Crippen molar-refractivity contribution in [3.8, 4) is 0 Å². The van der Waals surface area contributed by atoms with Crippen LogP contribution in [0.25, 0.3) is 0 Å². The van der Waals surface area contributed by atoms with Crippen LogP contribution in [0, 0.1) is 0 Å². The van der Waals surface area contributed by atoms with Crippen LogP contribution in [0.1, 0.15) is 25.3 Å². The second-order valence-corrected chi connectivity index (χ2v) is 5.31. The number of likely N-dealkylation sites (tertiary alicyclic amines) is 1. The van der Waals surface area contributed by atoms with Gasteiger partial charge in [0.2, 0.25) is 5.91 Å². The van der Waals surface area contributed by atoms with Crippen molar-refractivity contribution >= 4 is 29.1 Å². The number of carbonyl (C=O) groups excluding carboxylic acids is 1. The maximum atomic E-state index is 11.2. The summed E-state index contributed by atoms with van der Waals surface area (Å²) >= 11 is 11.7. The molecule has 6 heteroatoms. The van der Waals surface area contributed by atoms with Crippen LogP contribution in [0.2, 0.25) is 10.3 Å². The molecule has 1 aliphatic heterocycles. The summed E-state index contributed by atoms with van der Waals surface area (Å²) < 4.78 is 0. The van der Waals surface area contributed by atoms with E-state index in [0.717, 1.165) is 0 Å². The first kappa shape index (κ1) is 13.6. The molecule has 0 atom stereocenters. The molecule has 18 heavy (non-hydrogen) atoms. The lowest BCUT2D eigenvalue weighted by Crippen LogP contribution is -2.44. The molecule has 0 saturated carbocycles. The maximum Gasteiger partial charge on any atom is 0.219 e. The first-order chi connectivity index (χ1) is 8.40. The van der Waals surface area contributed by atoms with E-state index < -0.39 is 5.60 Å². The lowest BCUT2D eigenvalue weighted by Gasteiger charge is -2.38. The summed E-state index contributed by atoms with van der Waals surface area (Å²) in [5.74, 6) is 0.0304. The molecule has 1 N–H and O–H groups in total. The topological polar surface area (TPSA) is 53.4 Å². The van der Waals surface area contributed by atoms with Gasteiger partial charge in [-0.2, -0.15) is 0 Å². The Bertz CT molecular complexity index is 451. The normalized spacial score (nSPS) is 18.8. The van der Waals surface area contributed by atoms with Crippen LogP contribution in [-0.4, -0.2) is 34.0 Å². The number of nitrogens with zero attached hydrogens (tertiary/aromatic N) is 2. The zero-order valence-electron chi connectivity index (χ0n) is 9.99. The Balaban J connectivity index is 2.20. The van der Waals surface area contributed by atoms with Crippen molar-refractivity contribution in [2.45, 2.75) is 25.4 Å². The lowest BCUT2D eigenvalue weighted by molar-refractivity contribution is -0.133. The number of carbonyl (C=O) groups is 1. The molecule has 1 fully saturated rings. The Labute approximate surface area is 116 Å². The second-order valence-electron chi connectivity index (χ2n) is 4.54. The predicted octanol–water partition coefficient (Wildman–Crippen LogP) is 2.22. The first-order valence-electron chi connectivity index (χ1n) is 5.72. The second kappa shape index (κ2) is 5.03. The standard InChI is InChI=1S/C12H14Cl2N2O2/c1-8(17)16-4-2-12(18,3-5-16)9-6-10(13)15-11(14)7-9/h6-7,18H,2-5H2,1H3. The van der Waals surface area contributed by atoms with Crippen molar-refractivity contribution in [2.75, 3.05) is 13.1 Å². The Hall–Kier alpha value is -0.840. The third kappa shape index (κ3) is 2.76. The van der Waals surface area contributed by atoms with Gasteiger partial charge >= 0.3 is 0 Å². The number of halogens is 2. The molecule has 1 saturated heterocycles. The van der Waals surface area contributed by atoms with E-state index in [0.29, 0.717) is 31.5 Å². The van der Waals surface area contributed by atoms with Gasteiger partial charge in [-0.05, 0) is 30.5 Å². The molecule has 1 aliphatic rings. The summed E-state index contributed by atoms with van der Waals surface area (Å²) in [5, 5.41) is 11.1. The first-order valence-corrected chi connectivity index (χ1v) is 6.48. The fourth-order valence-corrected chi connectivity index (χ4v) is 2.67.